The first-order valence-electron chi connectivity index (χ1n) is 9.70. The topological polar surface area (TPSA) is 132 Å². The Balaban J connectivity index is 2.00. The summed E-state index contributed by atoms with van der Waals surface area (Å²) in [5.74, 6) is -0.280. The number of hydrogen-bond donors (Lipinski definition) is 3. The Bertz CT molecular complexity index is 1270. The van der Waals surface area contributed by atoms with Crippen molar-refractivity contribution in [3.8, 4) is 0 Å². The molecule has 0 aliphatic rings. The van der Waals surface area contributed by atoms with E-state index >= 15 is 0 Å². The van der Waals surface area contributed by atoms with E-state index in [0.29, 0.717) is 18.8 Å². The smallest absolute Gasteiger partial charge is 0.332 e. The molecule has 2 heterocycles. The van der Waals surface area contributed by atoms with Crippen LogP contribution in [0.5, 0.6) is 0 Å². The first-order chi connectivity index (χ1) is 14.7. The molecule has 11 nitrogen and oxygen atoms in total. The van der Waals surface area contributed by atoms with Crippen LogP contribution in [0.25, 0.3) is 11.2 Å². The van der Waals surface area contributed by atoms with Crippen LogP contribution >= 0.6 is 0 Å². The van der Waals surface area contributed by atoms with Gasteiger partial charge in [0.05, 0.1) is 0 Å². The highest BCUT2D eigenvalue weighted by molar-refractivity contribution is 5.92. The summed E-state index contributed by atoms with van der Waals surface area (Å²) in [5, 5.41) is 8.51. The molecular weight excluding hydrogens is 402 g/mol. The number of anilines is 2. The maximum Gasteiger partial charge on any atom is 0.332 e. The number of rotatable bonds is 7. The Hall–Kier alpha value is -3.89. The van der Waals surface area contributed by atoms with Crippen molar-refractivity contribution >= 4 is 34.6 Å². The van der Waals surface area contributed by atoms with Gasteiger partial charge in [0.1, 0.15) is 6.54 Å². The van der Waals surface area contributed by atoms with E-state index in [1.165, 1.54) is 30.2 Å². The molecule has 11 heteroatoms. The largest absolute Gasteiger partial charge is 0.355 e. The third kappa shape index (κ3) is 4.49. The van der Waals surface area contributed by atoms with Gasteiger partial charge in [-0.05, 0) is 18.6 Å². The summed E-state index contributed by atoms with van der Waals surface area (Å²) in [6.45, 7) is 3.73. The van der Waals surface area contributed by atoms with Gasteiger partial charge >= 0.3 is 5.69 Å². The van der Waals surface area contributed by atoms with E-state index in [0.717, 1.165) is 10.1 Å². The summed E-state index contributed by atoms with van der Waals surface area (Å²) < 4.78 is 3.67. The van der Waals surface area contributed by atoms with Crippen LogP contribution in [0.4, 0.5) is 11.6 Å². The van der Waals surface area contributed by atoms with Gasteiger partial charge in [-0.1, -0.05) is 18.2 Å². The van der Waals surface area contributed by atoms with Gasteiger partial charge in [-0.2, -0.15) is 4.98 Å². The van der Waals surface area contributed by atoms with Crippen LogP contribution in [0.15, 0.2) is 33.9 Å². The summed E-state index contributed by atoms with van der Waals surface area (Å²) in [7, 11) is 2.88. The highest BCUT2D eigenvalue weighted by atomic mass is 16.2. The van der Waals surface area contributed by atoms with Gasteiger partial charge in [0.25, 0.3) is 5.56 Å². The molecule has 0 fully saturated rings. The van der Waals surface area contributed by atoms with Gasteiger partial charge < -0.3 is 16.0 Å². The van der Waals surface area contributed by atoms with E-state index in [1.807, 2.05) is 25.1 Å². The lowest BCUT2D eigenvalue weighted by Crippen LogP contribution is -2.38. The standard InChI is InChI=1S/C20H25N7O4/c1-12-7-5-6-8-14(12)23-15(29)11-27-16-17(25(3)20(31)26(4)18(16)30)24-19(27)22-10-9-21-13(2)28/h5-8H,9-11H2,1-4H3,(H,21,28)(H,22,24)(H,23,29). The molecule has 3 rings (SSSR count). The fourth-order valence-corrected chi connectivity index (χ4v) is 3.19. The lowest BCUT2D eigenvalue weighted by atomic mass is 10.2. The molecular formula is C20H25N7O4. The van der Waals surface area contributed by atoms with Crippen LogP contribution in [-0.4, -0.2) is 43.6 Å². The minimum Gasteiger partial charge on any atom is -0.355 e. The molecule has 0 saturated carbocycles. The van der Waals surface area contributed by atoms with Crippen molar-refractivity contribution in [1.29, 1.82) is 0 Å². The third-order valence-electron chi connectivity index (χ3n) is 4.85. The minimum absolute atomic E-state index is 0.131. The van der Waals surface area contributed by atoms with Crippen molar-refractivity contribution in [2.45, 2.75) is 20.4 Å². The van der Waals surface area contributed by atoms with E-state index in [9.17, 15) is 19.2 Å². The highest BCUT2D eigenvalue weighted by Gasteiger charge is 2.21. The summed E-state index contributed by atoms with van der Waals surface area (Å²) in [4.78, 5) is 53.3. The van der Waals surface area contributed by atoms with Crippen LogP contribution in [0, 0.1) is 6.92 Å². The van der Waals surface area contributed by atoms with Crippen molar-refractivity contribution in [3.63, 3.8) is 0 Å². The number of imidazole rings is 1. The van der Waals surface area contributed by atoms with E-state index in [2.05, 4.69) is 20.9 Å². The molecule has 0 unspecified atom stereocenters. The molecule has 2 amide bonds. The molecule has 31 heavy (non-hydrogen) atoms. The molecule has 1 aromatic carbocycles. The molecule has 164 valence electrons. The Morgan fingerprint density at radius 2 is 1.77 bits per heavy atom. The average Bonchev–Trinajstić information content (AvgIpc) is 3.08. The molecule has 3 N–H and O–H groups in total. The van der Waals surface area contributed by atoms with Crippen molar-refractivity contribution in [3.05, 3.63) is 50.7 Å². The Kier molecular flexibility index (Phi) is 6.23. The van der Waals surface area contributed by atoms with Crippen molar-refractivity contribution in [1.82, 2.24) is 24.0 Å². The fourth-order valence-electron chi connectivity index (χ4n) is 3.19. The Morgan fingerprint density at radius 1 is 1.06 bits per heavy atom. The number of benzene rings is 1. The van der Waals surface area contributed by atoms with Gasteiger partial charge in [-0.15, -0.1) is 0 Å². The molecule has 3 aromatic rings. The SMILES string of the molecule is CC(=O)NCCNc1nc2c(c(=O)n(C)c(=O)n2C)n1CC(=O)Nc1ccccc1C. The lowest BCUT2D eigenvalue weighted by Gasteiger charge is -2.12. The molecule has 0 bridgehead atoms. The second-order valence-corrected chi connectivity index (χ2v) is 7.17. The third-order valence-corrected chi connectivity index (χ3v) is 4.85. The lowest BCUT2D eigenvalue weighted by molar-refractivity contribution is -0.119. The van der Waals surface area contributed by atoms with Crippen LogP contribution in [0.1, 0.15) is 12.5 Å². The number of carbonyl (C=O) groups is 2. The van der Waals surface area contributed by atoms with Crippen LogP contribution in [0.3, 0.4) is 0 Å². The first-order valence-corrected chi connectivity index (χ1v) is 9.70. The van der Waals surface area contributed by atoms with Crippen molar-refractivity contribution in [2.24, 2.45) is 14.1 Å². The normalized spacial score (nSPS) is 10.8. The summed E-state index contributed by atoms with van der Waals surface area (Å²) >= 11 is 0. The van der Waals surface area contributed by atoms with E-state index in [-0.39, 0.29) is 35.5 Å². The van der Waals surface area contributed by atoms with Crippen molar-refractivity contribution in [2.75, 3.05) is 23.7 Å². The average molecular weight is 427 g/mol. The van der Waals surface area contributed by atoms with Gasteiger partial charge in [-0.25, -0.2) is 4.79 Å². The van der Waals surface area contributed by atoms with E-state index in [1.54, 1.807) is 6.07 Å². The number of aryl methyl sites for hydroxylation is 2. The number of amides is 2. The summed E-state index contributed by atoms with van der Waals surface area (Å²) in [6.07, 6.45) is 0. The molecule has 0 aliphatic carbocycles. The quantitative estimate of drug-likeness (QED) is 0.452. The molecule has 0 saturated heterocycles. The van der Waals surface area contributed by atoms with Gasteiger partial charge in [0.15, 0.2) is 11.2 Å². The maximum absolute atomic E-state index is 12.8. The number of aromatic nitrogens is 4. The van der Waals surface area contributed by atoms with Crippen LogP contribution < -0.4 is 27.2 Å². The zero-order chi connectivity index (χ0) is 22.7. The Labute approximate surface area is 177 Å². The highest BCUT2D eigenvalue weighted by Crippen LogP contribution is 2.17. The van der Waals surface area contributed by atoms with Crippen molar-refractivity contribution < 1.29 is 9.59 Å². The number of carbonyl (C=O) groups excluding carboxylic acids is 2. The number of hydrogen-bond acceptors (Lipinski definition) is 6. The number of nitrogens with zero attached hydrogens (tertiary/aromatic N) is 4. The van der Waals surface area contributed by atoms with Gasteiger partial charge in [-0.3, -0.25) is 28.1 Å². The fraction of sp³-hybridized carbons (Fsp3) is 0.350. The summed E-state index contributed by atoms with van der Waals surface area (Å²) in [6, 6.07) is 7.35. The van der Waals surface area contributed by atoms with E-state index in [4.69, 9.17) is 0 Å². The molecule has 0 radical (unpaired) electrons. The number of fused-ring (bicyclic) bond motifs is 1. The Morgan fingerprint density at radius 3 is 2.45 bits per heavy atom. The molecule has 2 aromatic heterocycles. The number of para-hydroxylation sites is 1. The zero-order valence-electron chi connectivity index (χ0n) is 17.9. The monoisotopic (exact) mass is 427 g/mol. The number of nitrogens with one attached hydrogen (secondary N) is 3. The minimum atomic E-state index is -0.552. The summed E-state index contributed by atoms with van der Waals surface area (Å²) in [5.41, 5.74) is 0.793. The maximum atomic E-state index is 12.8. The zero-order valence-corrected chi connectivity index (χ0v) is 17.9. The first kappa shape index (κ1) is 21.8. The van der Waals surface area contributed by atoms with Crippen LogP contribution in [-0.2, 0) is 30.2 Å². The molecule has 0 spiro atoms. The predicted molar refractivity (Wildman–Crippen MR) is 117 cm³/mol. The molecule has 0 atom stereocenters. The second kappa shape index (κ2) is 8.86. The van der Waals surface area contributed by atoms with E-state index < -0.39 is 11.2 Å². The van der Waals surface area contributed by atoms with Gasteiger partial charge in [0.2, 0.25) is 17.8 Å². The van der Waals surface area contributed by atoms with Gasteiger partial charge in [0, 0.05) is 39.8 Å². The second-order valence-electron chi connectivity index (χ2n) is 7.17. The van der Waals surface area contributed by atoms with Crippen LogP contribution in [0.2, 0.25) is 0 Å². The molecule has 0 aliphatic heterocycles. The predicted octanol–water partition coefficient (Wildman–Crippen LogP) is -0.0712.